The fraction of sp³-hybridized carbons (Fsp3) is 0.379. The van der Waals surface area contributed by atoms with Gasteiger partial charge in [-0.3, -0.25) is 10.3 Å². The van der Waals surface area contributed by atoms with E-state index in [4.69, 9.17) is 18.9 Å². The molecule has 0 amide bonds. The van der Waals surface area contributed by atoms with Crippen LogP contribution in [-0.2, 0) is 26.8 Å². The number of hydrogen-bond donors (Lipinski definition) is 3. The third-order valence-corrected chi connectivity index (χ3v) is 7.18. The van der Waals surface area contributed by atoms with Crippen molar-refractivity contribution in [1.29, 1.82) is 0 Å². The molecule has 0 radical (unpaired) electrons. The summed E-state index contributed by atoms with van der Waals surface area (Å²) < 4.78 is 31.3. The lowest BCUT2D eigenvalue weighted by atomic mass is 9.83. The van der Waals surface area contributed by atoms with Crippen molar-refractivity contribution in [3.8, 4) is 11.4 Å². The van der Waals surface area contributed by atoms with Gasteiger partial charge in [0.15, 0.2) is 5.54 Å². The Hall–Kier alpha value is -3.93. The van der Waals surface area contributed by atoms with Crippen molar-refractivity contribution in [2.75, 3.05) is 26.9 Å². The molecule has 0 saturated carbocycles. The van der Waals surface area contributed by atoms with Gasteiger partial charge in [0.05, 0.1) is 55.3 Å². The van der Waals surface area contributed by atoms with Crippen LogP contribution in [0.25, 0.3) is 22.3 Å². The highest BCUT2D eigenvalue weighted by molar-refractivity contribution is 5.85. The van der Waals surface area contributed by atoms with E-state index in [0.29, 0.717) is 48.6 Å². The zero-order valence-electron chi connectivity index (χ0n) is 22.9. The highest BCUT2D eigenvalue weighted by atomic mass is 19.1. The lowest BCUT2D eigenvalue weighted by Crippen LogP contribution is -2.53. The highest BCUT2D eigenvalue weighted by Crippen LogP contribution is 2.43. The normalized spacial score (nSPS) is 19.3. The first kappa shape index (κ1) is 26.3. The maximum atomic E-state index is 13.5. The van der Waals surface area contributed by atoms with E-state index in [9.17, 15) is 4.39 Å². The highest BCUT2D eigenvalue weighted by Gasteiger charge is 2.49. The minimum Gasteiger partial charge on any atom is -0.422 e. The lowest BCUT2D eigenvalue weighted by Gasteiger charge is -2.39. The third-order valence-electron chi connectivity index (χ3n) is 7.18. The van der Waals surface area contributed by atoms with E-state index in [1.807, 2.05) is 32.9 Å². The van der Waals surface area contributed by atoms with Crippen LogP contribution in [0.3, 0.4) is 0 Å². The largest absolute Gasteiger partial charge is 0.422 e. The quantitative estimate of drug-likeness (QED) is 0.242. The van der Waals surface area contributed by atoms with E-state index in [1.54, 1.807) is 19.4 Å². The Morgan fingerprint density at radius 3 is 2.65 bits per heavy atom. The fourth-order valence-corrected chi connectivity index (χ4v) is 5.16. The molecule has 0 fully saturated rings. The van der Waals surface area contributed by atoms with Crippen molar-refractivity contribution < 1.29 is 18.3 Å². The molecule has 5 aromatic rings. The number of aromatic nitrogens is 6. The van der Waals surface area contributed by atoms with E-state index in [1.165, 1.54) is 12.3 Å². The zero-order valence-corrected chi connectivity index (χ0v) is 22.9. The van der Waals surface area contributed by atoms with E-state index in [0.717, 1.165) is 22.2 Å². The number of benzene rings is 1. The number of nitrogens with zero attached hydrogens (tertiary/aromatic N) is 4. The predicted octanol–water partition coefficient (Wildman–Crippen LogP) is 4.57. The predicted molar refractivity (Wildman–Crippen MR) is 146 cm³/mol. The zero-order chi connectivity index (χ0) is 27.9. The second-order valence-corrected chi connectivity index (χ2v) is 11.1. The van der Waals surface area contributed by atoms with Crippen molar-refractivity contribution in [1.82, 2.24) is 35.5 Å². The van der Waals surface area contributed by atoms with Gasteiger partial charge in [0.25, 0.3) is 0 Å². The van der Waals surface area contributed by atoms with Crippen molar-refractivity contribution in [2.45, 2.75) is 44.2 Å². The summed E-state index contributed by atoms with van der Waals surface area (Å²) >= 11 is 0. The molecule has 0 aliphatic carbocycles. The number of halogens is 1. The summed E-state index contributed by atoms with van der Waals surface area (Å²) in [4.78, 5) is 15.9. The molecule has 208 valence electrons. The number of para-hydroxylation sites is 1. The number of H-pyrrole nitrogens is 2. The van der Waals surface area contributed by atoms with Crippen molar-refractivity contribution >= 4 is 10.9 Å². The number of ether oxygens (including phenoxy) is 2. The number of hydrogen-bond acceptors (Lipinski definition) is 8. The van der Waals surface area contributed by atoms with Crippen LogP contribution in [0.15, 0.2) is 53.2 Å². The van der Waals surface area contributed by atoms with Gasteiger partial charge in [-0.05, 0) is 30.2 Å². The first-order valence-electron chi connectivity index (χ1n) is 13.2. The first-order chi connectivity index (χ1) is 19.3. The van der Waals surface area contributed by atoms with Gasteiger partial charge in [-0.2, -0.15) is 0 Å². The molecule has 11 heteroatoms. The molecule has 0 spiro atoms. The van der Waals surface area contributed by atoms with Crippen LogP contribution in [-0.4, -0.2) is 57.1 Å². The monoisotopic (exact) mass is 545 g/mol. The maximum Gasteiger partial charge on any atom is 0.245 e. The summed E-state index contributed by atoms with van der Waals surface area (Å²) in [5.74, 6) is 1.24. The van der Waals surface area contributed by atoms with E-state index in [-0.39, 0.29) is 18.1 Å². The summed E-state index contributed by atoms with van der Waals surface area (Å²) in [5.41, 5.74) is 2.99. The Morgan fingerprint density at radius 2 is 1.90 bits per heavy atom. The number of nitrogens with one attached hydrogen (secondary N) is 3. The Morgan fingerprint density at radius 1 is 1.05 bits per heavy atom. The number of fused-ring (bicyclic) bond motifs is 3. The first-order valence-corrected chi connectivity index (χ1v) is 13.2. The smallest absolute Gasteiger partial charge is 0.245 e. The van der Waals surface area contributed by atoms with E-state index in [2.05, 4.69) is 42.6 Å². The van der Waals surface area contributed by atoms with Crippen LogP contribution in [0.5, 0.6) is 0 Å². The van der Waals surface area contributed by atoms with E-state index >= 15 is 0 Å². The number of pyridine rings is 1. The molecule has 1 aliphatic heterocycles. The summed E-state index contributed by atoms with van der Waals surface area (Å²) in [6.07, 6.45) is 3.55. The number of rotatable bonds is 8. The molecule has 1 aliphatic rings. The topological polar surface area (TPSA) is 127 Å². The minimum absolute atomic E-state index is 0.214. The van der Waals surface area contributed by atoms with Crippen molar-refractivity contribution in [3.63, 3.8) is 0 Å². The second-order valence-electron chi connectivity index (χ2n) is 11.1. The van der Waals surface area contributed by atoms with Gasteiger partial charge < -0.3 is 23.9 Å². The summed E-state index contributed by atoms with van der Waals surface area (Å²) in [6.45, 7) is 7.15. The lowest BCUT2D eigenvalue weighted by molar-refractivity contribution is 0.0267. The molecular formula is C29H32FN7O3. The Labute approximate surface area is 230 Å². The van der Waals surface area contributed by atoms with E-state index < -0.39 is 11.4 Å². The van der Waals surface area contributed by atoms with Gasteiger partial charge in [0, 0.05) is 23.4 Å². The van der Waals surface area contributed by atoms with Crippen LogP contribution in [0.1, 0.15) is 55.7 Å². The van der Waals surface area contributed by atoms with Crippen LogP contribution >= 0.6 is 0 Å². The van der Waals surface area contributed by atoms with Crippen LogP contribution in [0.2, 0.25) is 0 Å². The van der Waals surface area contributed by atoms with Gasteiger partial charge in [0.2, 0.25) is 11.8 Å². The number of methoxy groups -OCH3 is 1. The van der Waals surface area contributed by atoms with Gasteiger partial charge in [-0.25, -0.2) is 9.37 Å². The Balaban J connectivity index is 1.48. The second kappa shape index (κ2) is 10.2. The molecule has 2 atom stereocenters. The van der Waals surface area contributed by atoms with Gasteiger partial charge >= 0.3 is 0 Å². The van der Waals surface area contributed by atoms with Crippen LogP contribution in [0.4, 0.5) is 4.39 Å². The fourth-order valence-electron chi connectivity index (χ4n) is 5.16. The molecular weight excluding hydrogens is 513 g/mol. The molecule has 6 rings (SSSR count). The van der Waals surface area contributed by atoms with Crippen LogP contribution in [0, 0.1) is 5.82 Å². The molecule has 3 N–H and O–H groups in total. The number of imidazole rings is 1. The minimum atomic E-state index is -0.997. The molecule has 0 bridgehead atoms. The molecule has 40 heavy (non-hydrogen) atoms. The number of aromatic amines is 2. The van der Waals surface area contributed by atoms with Crippen molar-refractivity contribution in [2.24, 2.45) is 0 Å². The molecule has 5 heterocycles. The van der Waals surface area contributed by atoms with Gasteiger partial charge in [-0.1, -0.05) is 39.0 Å². The average molecular weight is 546 g/mol. The Bertz CT molecular complexity index is 1620. The summed E-state index contributed by atoms with van der Waals surface area (Å²) in [7, 11) is 1.64. The average Bonchev–Trinajstić information content (AvgIpc) is 3.70. The molecule has 1 aromatic carbocycles. The third kappa shape index (κ3) is 4.70. The summed E-state index contributed by atoms with van der Waals surface area (Å²) in [5, 5.41) is 13.8. The summed E-state index contributed by atoms with van der Waals surface area (Å²) in [6, 6.07) is 10.9. The molecule has 1 unspecified atom stereocenters. The molecule has 4 aromatic heterocycles. The SMILES string of the molecule is COCCOCC1(c2nnc(C(C)(C)C)o2)N[C@@H](c2ncc(-c3ccc(F)cn3)[nH]2)Cc2c1[nH]c1ccccc21. The standard InChI is InChI=1S/C29H32FN7O3/c1-28(2,3)26-36-37-27(40-26)29(16-39-12-11-38-4)24-19(18-7-5-6-8-20(18)33-24)13-22(35-29)25-32-15-23(34-25)21-10-9-17(30)14-31-21/h5-10,14-15,22,33,35H,11-13,16H2,1-4H3,(H,32,34)/t22-,29?/m1/s1. The van der Waals surface area contributed by atoms with Crippen LogP contribution < -0.4 is 5.32 Å². The molecule has 10 nitrogen and oxygen atoms in total. The van der Waals surface area contributed by atoms with Gasteiger partial charge in [-0.15, -0.1) is 10.2 Å². The Kier molecular flexibility index (Phi) is 6.73. The maximum absolute atomic E-state index is 13.5. The van der Waals surface area contributed by atoms with Crippen molar-refractivity contribution in [3.05, 3.63) is 83.5 Å². The van der Waals surface area contributed by atoms with Gasteiger partial charge in [0.1, 0.15) is 11.6 Å². The molecule has 0 saturated heterocycles.